The topological polar surface area (TPSA) is 23.6 Å². The van der Waals surface area contributed by atoms with Gasteiger partial charge in [0.15, 0.2) is 0 Å². The van der Waals surface area contributed by atoms with Gasteiger partial charge in [0.25, 0.3) is 5.91 Å². The van der Waals surface area contributed by atoms with Gasteiger partial charge in [0.05, 0.1) is 16.2 Å². The number of rotatable bonds is 2. The van der Waals surface area contributed by atoms with Crippen molar-refractivity contribution in [3.8, 4) is 0 Å². The second-order valence-electron chi connectivity index (χ2n) is 4.92. The number of fused-ring (bicyclic) bond motifs is 3. The normalized spacial score (nSPS) is 19.2. The SMILES string of the molecule is C=C/C=C1\C(=C)N(C)C2=C(C=C)Sc3ccccc3N2C1=O. The average molecular weight is 308 g/mol. The molecule has 1 saturated heterocycles. The first-order valence-corrected chi connectivity index (χ1v) is 7.65. The fraction of sp³-hybridized carbons (Fsp3) is 0.0556. The molecule has 0 spiro atoms. The number of allylic oxidation sites excluding steroid dienone is 3. The molecule has 1 amide bonds. The summed E-state index contributed by atoms with van der Waals surface area (Å²) in [6, 6.07) is 7.86. The van der Waals surface area contributed by atoms with Crippen molar-refractivity contribution in [3.63, 3.8) is 0 Å². The molecular weight excluding hydrogens is 292 g/mol. The number of benzene rings is 1. The van der Waals surface area contributed by atoms with Crippen LogP contribution >= 0.6 is 11.8 Å². The van der Waals surface area contributed by atoms with Gasteiger partial charge in [-0.1, -0.05) is 55.8 Å². The molecule has 110 valence electrons. The lowest BCUT2D eigenvalue weighted by Gasteiger charge is -2.43. The van der Waals surface area contributed by atoms with E-state index in [-0.39, 0.29) is 5.91 Å². The Labute approximate surface area is 134 Å². The molecule has 0 aliphatic carbocycles. The van der Waals surface area contributed by atoms with Crippen LogP contribution in [0, 0.1) is 0 Å². The number of thioether (sulfide) groups is 1. The molecule has 0 N–H and O–H groups in total. The molecule has 3 nitrogen and oxygen atoms in total. The molecule has 0 radical (unpaired) electrons. The van der Waals surface area contributed by atoms with Gasteiger partial charge in [0, 0.05) is 17.6 Å². The van der Waals surface area contributed by atoms with Gasteiger partial charge in [-0.15, -0.1) is 0 Å². The van der Waals surface area contributed by atoms with Gasteiger partial charge in [0.1, 0.15) is 5.82 Å². The Hall–Kier alpha value is -2.46. The van der Waals surface area contributed by atoms with Crippen LogP contribution in [0.5, 0.6) is 0 Å². The number of carbonyl (C=O) groups is 1. The number of anilines is 1. The summed E-state index contributed by atoms with van der Waals surface area (Å²) in [5.74, 6) is 0.708. The van der Waals surface area contributed by atoms with Crippen LogP contribution < -0.4 is 4.90 Å². The van der Waals surface area contributed by atoms with E-state index in [2.05, 4.69) is 19.7 Å². The van der Waals surface area contributed by atoms with Crippen LogP contribution in [-0.4, -0.2) is 17.9 Å². The van der Waals surface area contributed by atoms with Crippen molar-refractivity contribution in [2.24, 2.45) is 0 Å². The zero-order chi connectivity index (χ0) is 15.9. The highest BCUT2D eigenvalue weighted by molar-refractivity contribution is 8.03. The predicted molar refractivity (Wildman–Crippen MR) is 92.2 cm³/mol. The summed E-state index contributed by atoms with van der Waals surface area (Å²) in [7, 11) is 1.91. The lowest BCUT2D eigenvalue weighted by molar-refractivity contribution is -0.115. The molecule has 1 fully saturated rings. The summed E-state index contributed by atoms with van der Waals surface area (Å²) in [6.07, 6.45) is 5.10. The van der Waals surface area contributed by atoms with Gasteiger partial charge < -0.3 is 4.90 Å². The molecule has 0 aromatic heterocycles. The molecule has 0 bridgehead atoms. The van der Waals surface area contributed by atoms with Gasteiger partial charge in [0.2, 0.25) is 0 Å². The van der Waals surface area contributed by atoms with Crippen LogP contribution in [0.4, 0.5) is 5.69 Å². The van der Waals surface area contributed by atoms with E-state index in [1.807, 2.05) is 36.2 Å². The van der Waals surface area contributed by atoms with Crippen LogP contribution in [0.3, 0.4) is 0 Å². The summed E-state index contributed by atoms with van der Waals surface area (Å²) >= 11 is 1.61. The number of para-hydroxylation sites is 1. The third kappa shape index (κ3) is 1.96. The molecule has 3 rings (SSSR count). The number of nitrogens with zero attached hydrogens (tertiary/aromatic N) is 2. The zero-order valence-electron chi connectivity index (χ0n) is 12.4. The molecule has 1 aromatic carbocycles. The molecule has 22 heavy (non-hydrogen) atoms. The van der Waals surface area contributed by atoms with E-state index in [1.54, 1.807) is 34.9 Å². The Kier molecular flexibility index (Phi) is 3.54. The first kappa shape index (κ1) is 14.5. The van der Waals surface area contributed by atoms with Crippen LogP contribution in [-0.2, 0) is 4.79 Å². The van der Waals surface area contributed by atoms with Gasteiger partial charge >= 0.3 is 0 Å². The minimum Gasteiger partial charge on any atom is -0.329 e. The Morgan fingerprint density at radius 1 is 1.23 bits per heavy atom. The van der Waals surface area contributed by atoms with Crippen molar-refractivity contribution in [1.29, 1.82) is 0 Å². The molecule has 2 aliphatic rings. The average Bonchev–Trinajstić information content (AvgIpc) is 2.54. The van der Waals surface area contributed by atoms with E-state index >= 15 is 0 Å². The molecule has 0 unspecified atom stereocenters. The quantitative estimate of drug-likeness (QED) is 0.770. The van der Waals surface area contributed by atoms with E-state index in [4.69, 9.17) is 0 Å². The van der Waals surface area contributed by atoms with Crippen molar-refractivity contribution < 1.29 is 4.79 Å². The monoisotopic (exact) mass is 308 g/mol. The minimum absolute atomic E-state index is 0.0925. The molecule has 0 atom stereocenters. The van der Waals surface area contributed by atoms with Crippen molar-refractivity contribution in [2.75, 3.05) is 11.9 Å². The maximum Gasteiger partial charge on any atom is 0.266 e. The fourth-order valence-electron chi connectivity index (χ4n) is 2.61. The van der Waals surface area contributed by atoms with E-state index in [0.29, 0.717) is 11.3 Å². The number of hydrogen-bond acceptors (Lipinski definition) is 3. The van der Waals surface area contributed by atoms with Gasteiger partial charge in [-0.25, -0.2) is 0 Å². The fourth-order valence-corrected chi connectivity index (χ4v) is 3.66. The molecule has 2 aliphatic heterocycles. The third-order valence-corrected chi connectivity index (χ3v) is 4.83. The Morgan fingerprint density at radius 2 is 1.95 bits per heavy atom. The van der Waals surface area contributed by atoms with Crippen LogP contribution in [0.2, 0.25) is 0 Å². The highest BCUT2D eigenvalue weighted by atomic mass is 32.2. The summed E-state index contributed by atoms with van der Waals surface area (Å²) < 4.78 is 0. The number of carbonyl (C=O) groups excluding carboxylic acids is 1. The Bertz CT molecular complexity index is 773. The van der Waals surface area contributed by atoms with Gasteiger partial charge in [-0.3, -0.25) is 9.69 Å². The molecular formula is C18H16N2OS. The number of likely N-dealkylation sites (N-methyl/N-ethyl adjacent to an activating group) is 1. The summed E-state index contributed by atoms with van der Waals surface area (Å²) in [4.78, 5) is 18.6. The summed E-state index contributed by atoms with van der Waals surface area (Å²) in [5, 5.41) is 0. The van der Waals surface area contributed by atoms with Gasteiger partial charge in [-0.05, 0) is 18.2 Å². The maximum atomic E-state index is 13.0. The first-order chi connectivity index (χ1) is 10.6. The minimum atomic E-state index is -0.0925. The lowest BCUT2D eigenvalue weighted by Crippen LogP contribution is -2.46. The van der Waals surface area contributed by atoms with Crippen molar-refractivity contribution in [3.05, 3.63) is 84.2 Å². The molecule has 4 heteroatoms. The smallest absolute Gasteiger partial charge is 0.266 e. The number of amides is 1. The van der Waals surface area contributed by atoms with Crippen LogP contribution in [0.1, 0.15) is 0 Å². The standard InChI is InChI=1S/C18H16N2OS/c1-5-9-13-12(3)19(4)17-15(6-2)22-16-11-8-7-10-14(16)20(17)18(13)21/h5-11H,1-3H2,4H3/b13-9+. The number of hydrogen-bond donors (Lipinski definition) is 0. The van der Waals surface area contributed by atoms with E-state index in [0.717, 1.165) is 21.3 Å². The van der Waals surface area contributed by atoms with Crippen molar-refractivity contribution in [2.45, 2.75) is 4.90 Å². The molecule has 2 heterocycles. The zero-order valence-corrected chi connectivity index (χ0v) is 13.2. The first-order valence-electron chi connectivity index (χ1n) is 6.84. The van der Waals surface area contributed by atoms with E-state index < -0.39 is 0 Å². The third-order valence-electron chi connectivity index (χ3n) is 3.70. The van der Waals surface area contributed by atoms with Crippen molar-refractivity contribution in [1.82, 2.24) is 4.90 Å². The Morgan fingerprint density at radius 3 is 2.64 bits per heavy atom. The van der Waals surface area contributed by atoms with Crippen LogP contribution in [0.25, 0.3) is 0 Å². The Balaban J connectivity index is 2.27. The second-order valence-corrected chi connectivity index (χ2v) is 6.01. The predicted octanol–water partition coefficient (Wildman–Crippen LogP) is 4.05. The molecule has 0 saturated carbocycles. The maximum absolute atomic E-state index is 13.0. The van der Waals surface area contributed by atoms with E-state index in [9.17, 15) is 4.79 Å². The summed E-state index contributed by atoms with van der Waals surface area (Å²) in [5.41, 5.74) is 2.09. The highest BCUT2D eigenvalue weighted by Crippen LogP contribution is 2.47. The largest absolute Gasteiger partial charge is 0.329 e. The van der Waals surface area contributed by atoms with E-state index in [1.165, 1.54) is 0 Å². The van der Waals surface area contributed by atoms with Gasteiger partial charge in [-0.2, -0.15) is 0 Å². The van der Waals surface area contributed by atoms with Crippen LogP contribution in [0.15, 0.2) is 89.1 Å². The lowest BCUT2D eigenvalue weighted by atomic mass is 10.1. The van der Waals surface area contributed by atoms with Crippen molar-refractivity contribution >= 4 is 23.4 Å². The highest BCUT2D eigenvalue weighted by Gasteiger charge is 2.39. The summed E-state index contributed by atoms with van der Waals surface area (Å²) in [6.45, 7) is 11.6. The second kappa shape index (κ2) is 5.39. The molecule has 1 aromatic rings.